The number of hydrogen-bond donors (Lipinski definition) is 1. The molecule has 0 saturated carbocycles. The van der Waals surface area contributed by atoms with E-state index in [0.717, 1.165) is 28.3 Å². The lowest BCUT2D eigenvalue weighted by molar-refractivity contribution is -0.152. The van der Waals surface area contributed by atoms with Crippen LogP contribution in [0, 0.1) is 11.6 Å². The lowest BCUT2D eigenvalue weighted by atomic mass is 10.0. The third kappa shape index (κ3) is 3.87. The second-order valence-electron chi connectivity index (χ2n) is 6.84. The molecule has 0 spiro atoms. The Bertz CT molecular complexity index is 1260. The topological polar surface area (TPSA) is 68.5 Å². The Labute approximate surface area is 170 Å². The molecule has 0 bridgehead atoms. The summed E-state index contributed by atoms with van der Waals surface area (Å²) in [5, 5.41) is 5.05. The zero-order valence-corrected chi connectivity index (χ0v) is 15.9. The third-order valence-electron chi connectivity index (χ3n) is 4.74. The van der Waals surface area contributed by atoms with Gasteiger partial charge in [-0.2, -0.15) is 0 Å². The van der Waals surface area contributed by atoms with E-state index in [4.69, 9.17) is 9.15 Å². The zero-order valence-electron chi connectivity index (χ0n) is 15.9. The quantitative estimate of drug-likeness (QED) is 0.472. The van der Waals surface area contributed by atoms with E-state index in [2.05, 4.69) is 5.32 Å². The van der Waals surface area contributed by atoms with Gasteiger partial charge in [0.05, 0.1) is 18.4 Å². The number of benzene rings is 3. The molecule has 4 aromatic rings. The maximum Gasteiger partial charge on any atom is 0.311 e. The number of ether oxygens (including phenoxy) is 1. The van der Waals surface area contributed by atoms with Crippen LogP contribution in [0.25, 0.3) is 21.7 Å². The molecule has 7 heteroatoms. The fraction of sp³-hybridized carbons (Fsp3) is 0.130. The number of rotatable bonds is 5. The van der Waals surface area contributed by atoms with Crippen LogP contribution in [0.1, 0.15) is 12.5 Å². The molecule has 3 aromatic carbocycles. The van der Waals surface area contributed by atoms with Crippen LogP contribution < -0.4 is 5.32 Å². The van der Waals surface area contributed by atoms with Crippen molar-refractivity contribution in [3.05, 3.63) is 78.1 Å². The molecule has 152 valence electrons. The highest BCUT2D eigenvalue weighted by Gasteiger charge is 2.21. The standard InChI is InChI=1S/C23H17F2NO4/c1-13(23(28)26-19-8-7-16(24)11-18(19)25)30-21(27)10-15-12-29-20-9-6-14-4-2-3-5-17(14)22(15)20/h2-9,11-13H,10H2,1H3,(H,26,28)/t13-/m1/s1. The lowest BCUT2D eigenvalue weighted by Crippen LogP contribution is -2.30. The van der Waals surface area contributed by atoms with Crippen LogP contribution >= 0.6 is 0 Å². The molecular formula is C23H17F2NO4. The summed E-state index contributed by atoms with van der Waals surface area (Å²) in [7, 11) is 0. The van der Waals surface area contributed by atoms with Gasteiger partial charge in [0.1, 0.15) is 17.2 Å². The van der Waals surface area contributed by atoms with Crippen molar-refractivity contribution in [1.82, 2.24) is 0 Å². The van der Waals surface area contributed by atoms with Gasteiger partial charge in [-0.05, 0) is 35.9 Å². The molecule has 4 rings (SSSR count). The van der Waals surface area contributed by atoms with Crippen LogP contribution in [0.5, 0.6) is 0 Å². The molecule has 0 aliphatic heterocycles. The van der Waals surface area contributed by atoms with Gasteiger partial charge in [-0.15, -0.1) is 0 Å². The Hall–Kier alpha value is -3.74. The molecule has 1 atom stereocenters. The predicted molar refractivity (Wildman–Crippen MR) is 108 cm³/mol. The number of anilines is 1. The van der Waals surface area contributed by atoms with Gasteiger partial charge in [-0.25, -0.2) is 8.78 Å². The van der Waals surface area contributed by atoms with Gasteiger partial charge in [0.2, 0.25) is 0 Å². The maximum absolute atomic E-state index is 13.7. The summed E-state index contributed by atoms with van der Waals surface area (Å²) in [4.78, 5) is 24.6. The molecule has 1 heterocycles. The van der Waals surface area contributed by atoms with E-state index >= 15 is 0 Å². The minimum absolute atomic E-state index is 0.0937. The molecule has 0 aliphatic rings. The van der Waals surface area contributed by atoms with Crippen molar-refractivity contribution in [2.45, 2.75) is 19.4 Å². The minimum atomic E-state index is -1.17. The van der Waals surface area contributed by atoms with Crippen molar-refractivity contribution in [2.75, 3.05) is 5.32 Å². The Kier molecular flexibility index (Phi) is 5.18. The molecule has 0 aliphatic carbocycles. The number of hydrogen-bond acceptors (Lipinski definition) is 4. The number of amides is 1. The molecule has 1 N–H and O–H groups in total. The summed E-state index contributed by atoms with van der Waals surface area (Å²) in [5.41, 5.74) is 1.09. The number of fused-ring (bicyclic) bond motifs is 3. The maximum atomic E-state index is 13.7. The van der Waals surface area contributed by atoms with Crippen molar-refractivity contribution < 1.29 is 27.5 Å². The van der Waals surface area contributed by atoms with Crippen LogP contribution in [-0.2, 0) is 20.7 Å². The Morgan fingerprint density at radius 1 is 1.10 bits per heavy atom. The zero-order chi connectivity index (χ0) is 21.3. The van der Waals surface area contributed by atoms with Crippen molar-refractivity contribution in [2.24, 2.45) is 0 Å². The first kappa shape index (κ1) is 19.6. The Morgan fingerprint density at radius 3 is 2.70 bits per heavy atom. The van der Waals surface area contributed by atoms with Crippen LogP contribution in [-0.4, -0.2) is 18.0 Å². The van der Waals surface area contributed by atoms with Crippen LogP contribution in [0.2, 0.25) is 0 Å². The van der Waals surface area contributed by atoms with Crippen LogP contribution in [0.15, 0.2) is 65.3 Å². The summed E-state index contributed by atoms with van der Waals surface area (Å²) in [6.45, 7) is 1.37. The highest BCUT2D eigenvalue weighted by atomic mass is 19.1. The first-order chi connectivity index (χ1) is 14.4. The Morgan fingerprint density at radius 2 is 1.90 bits per heavy atom. The van der Waals surface area contributed by atoms with Gasteiger partial charge < -0.3 is 14.5 Å². The number of carbonyl (C=O) groups is 2. The second kappa shape index (κ2) is 7.94. The molecule has 30 heavy (non-hydrogen) atoms. The van der Waals surface area contributed by atoms with Crippen molar-refractivity contribution >= 4 is 39.3 Å². The molecule has 0 saturated heterocycles. The first-order valence-corrected chi connectivity index (χ1v) is 9.25. The summed E-state index contributed by atoms with van der Waals surface area (Å²) in [6, 6.07) is 14.3. The van der Waals surface area contributed by atoms with Crippen molar-refractivity contribution in [3.63, 3.8) is 0 Å². The van der Waals surface area contributed by atoms with E-state index in [9.17, 15) is 18.4 Å². The van der Waals surface area contributed by atoms with E-state index in [1.165, 1.54) is 13.2 Å². The molecule has 0 unspecified atom stereocenters. The third-order valence-corrected chi connectivity index (χ3v) is 4.74. The SMILES string of the molecule is C[C@@H](OC(=O)Cc1coc2ccc3ccccc3c12)C(=O)Nc1ccc(F)cc1F. The lowest BCUT2D eigenvalue weighted by Gasteiger charge is -2.14. The van der Waals surface area contributed by atoms with Gasteiger partial charge in [-0.3, -0.25) is 9.59 Å². The molecule has 0 fully saturated rings. The molecule has 1 amide bonds. The summed E-state index contributed by atoms with van der Waals surface area (Å²) < 4.78 is 37.4. The average molecular weight is 409 g/mol. The van der Waals surface area contributed by atoms with Crippen LogP contribution in [0.3, 0.4) is 0 Å². The van der Waals surface area contributed by atoms with E-state index in [1.54, 1.807) is 0 Å². The number of esters is 1. The summed E-state index contributed by atoms with van der Waals surface area (Å²) in [5.74, 6) is -3.03. The van der Waals surface area contributed by atoms with E-state index in [-0.39, 0.29) is 12.1 Å². The van der Waals surface area contributed by atoms with Crippen molar-refractivity contribution in [3.8, 4) is 0 Å². The van der Waals surface area contributed by atoms with E-state index in [0.29, 0.717) is 17.2 Å². The minimum Gasteiger partial charge on any atom is -0.464 e. The number of furan rings is 1. The normalized spacial score (nSPS) is 12.1. The average Bonchev–Trinajstić information content (AvgIpc) is 3.13. The fourth-order valence-corrected chi connectivity index (χ4v) is 3.28. The van der Waals surface area contributed by atoms with Crippen molar-refractivity contribution in [1.29, 1.82) is 0 Å². The summed E-state index contributed by atoms with van der Waals surface area (Å²) in [6.07, 6.45) is 0.234. The molecule has 0 radical (unpaired) electrons. The number of nitrogens with one attached hydrogen (secondary N) is 1. The largest absolute Gasteiger partial charge is 0.464 e. The predicted octanol–water partition coefficient (Wildman–Crippen LogP) is 4.98. The molecule has 1 aromatic heterocycles. The number of carbonyl (C=O) groups excluding carboxylic acids is 2. The first-order valence-electron chi connectivity index (χ1n) is 9.25. The van der Waals surface area contributed by atoms with Gasteiger partial charge in [0.25, 0.3) is 5.91 Å². The van der Waals surface area contributed by atoms with Gasteiger partial charge in [-0.1, -0.05) is 30.3 Å². The monoisotopic (exact) mass is 409 g/mol. The fourth-order valence-electron chi connectivity index (χ4n) is 3.28. The van der Waals surface area contributed by atoms with E-state index in [1.807, 2.05) is 36.4 Å². The van der Waals surface area contributed by atoms with Gasteiger partial charge >= 0.3 is 5.97 Å². The highest BCUT2D eigenvalue weighted by molar-refractivity contribution is 6.08. The number of halogens is 2. The van der Waals surface area contributed by atoms with Gasteiger partial charge in [0.15, 0.2) is 6.10 Å². The molecular weight excluding hydrogens is 392 g/mol. The van der Waals surface area contributed by atoms with Gasteiger partial charge in [0, 0.05) is 17.0 Å². The van der Waals surface area contributed by atoms with E-state index < -0.39 is 29.6 Å². The molecule has 5 nitrogen and oxygen atoms in total. The highest BCUT2D eigenvalue weighted by Crippen LogP contribution is 2.30. The smallest absolute Gasteiger partial charge is 0.311 e. The second-order valence-corrected chi connectivity index (χ2v) is 6.84. The summed E-state index contributed by atoms with van der Waals surface area (Å²) >= 11 is 0. The Balaban J connectivity index is 1.47. The van der Waals surface area contributed by atoms with Crippen LogP contribution in [0.4, 0.5) is 14.5 Å².